The Morgan fingerprint density at radius 2 is 1.94 bits per heavy atom. The van der Waals surface area contributed by atoms with E-state index in [0.29, 0.717) is 6.42 Å². The van der Waals surface area contributed by atoms with Crippen molar-refractivity contribution in [3.63, 3.8) is 0 Å². The van der Waals surface area contributed by atoms with E-state index in [0.717, 1.165) is 0 Å². The Bertz CT molecular complexity index is 376. The normalized spacial score (nSPS) is 41.4. The number of rotatable bonds is 2. The maximum absolute atomic E-state index is 11.3. The van der Waals surface area contributed by atoms with Gasteiger partial charge in [0, 0.05) is 5.92 Å². The van der Waals surface area contributed by atoms with Crippen LogP contribution in [-0.2, 0) is 28.6 Å². The quantitative estimate of drug-likeness (QED) is 0.367. The summed E-state index contributed by atoms with van der Waals surface area (Å²) in [5.41, 5.74) is 0. The van der Waals surface area contributed by atoms with Gasteiger partial charge in [0.05, 0.1) is 18.8 Å². The summed E-state index contributed by atoms with van der Waals surface area (Å²) < 4.78 is 14.5. The lowest BCUT2D eigenvalue weighted by Crippen LogP contribution is -2.28. The molecule has 0 aromatic heterocycles. The first-order valence-electron chi connectivity index (χ1n) is 5.23. The molecule has 0 aromatic carbocycles. The van der Waals surface area contributed by atoms with Crippen LogP contribution in [-0.4, -0.2) is 30.3 Å². The Morgan fingerprint density at radius 1 is 1.12 bits per heavy atom. The lowest BCUT2D eigenvalue weighted by Gasteiger charge is -2.18. The molecule has 4 unspecified atom stereocenters. The Kier molecular flexibility index (Phi) is 2.00. The molecule has 86 valence electrons. The van der Waals surface area contributed by atoms with Gasteiger partial charge in [0.15, 0.2) is 0 Å². The average Bonchev–Trinajstić information content (AvgIpc) is 2.88. The van der Waals surface area contributed by atoms with E-state index in [9.17, 15) is 14.4 Å². The molecule has 6 nitrogen and oxygen atoms in total. The van der Waals surface area contributed by atoms with Gasteiger partial charge in [0.2, 0.25) is 6.29 Å². The summed E-state index contributed by atoms with van der Waals surface area (Å²) in [5.74, 6) is -1.73. The van der Waals surface area contributed by atoms with E-state index in [1.807, 2.05) is 0 Å². The average molecular weight is 226 g/mol. The van der Waals surface area contributed by atoms with Crippen LogP contribution in [0, 0.1) is 11.8 Å². The molecule has 0 aliphatic carbocycles. The molecule has 3 fully saturated rings. The first-order valence-corrected chi connectivity index (χ1v) is 5.23. The molecule has 3 rings (SSSR count). The van der Waals surface area contributed by atoms with E-state index in [4.69, 9.17) is 9.47 Å². The van der Waals surface area contributed by atoms with E-state index in [1.165, 1.54) is 0 Å². The summed E-state index contributed by atoms with van der Waals surface area (Å²) in [6, 6.07) is 0. The molecule has 3 heterocycles. The zero-order chi connectivity index (χ0) is 11.3. The van der Waals surface area contributed by atoms with Crippen molar-refractivity contribution in [3.05, 3.63) is 0 Å². The molecule has 16 heavy (non-hydrogen) atoms. The molecule has 0 radical (unpaired) electrons. The summed E-state index contributed by atoms with van der Waals surface area (Å²) >= 11 is 0. The summed E-state index contributed by atoms with van der Waals surface area (Å²) in [5, 5.41) is 0. The SMILES string of the molecule is O=C1CC(CC2CC(=O)OC3OC23)C(=O)O1. The van der Waals surface area contributed by atoms with Crippen LogP contribution in [0.5, 0.6) is 0 Å². The highest BCUT2D eigenvalue weighted by atomic mass is 16.8. The third kappa shape index (κ3) is 1.59. The molecule has 6 heteroatoms. The molecular formula is C10H10O6. The zero-order valence-corrected chi connectivity index (χ0v) is 8.38. The predicted molar refractivity (Wildman–Crippen MR) is 46.7 cm³/mol. The van der Waals surface area contributed by atoms with Crippen LogP contribution in [0.3, 0.4) is 0 Å². The number of hydrogen-bond donors (Lipinski definition) is 0. The van der Waals surface area contributed by atoms with E-state index >= 15 is 0 Å². The van der Waals surface area contributed by atoms with Gasteiger partial charge in [-0.15, -0.1) is 0 Å². The predicted octanol–water partition coefficient (Wildman–Crippen LogP) is -0.246. The summed E-state index contributed by atoms with van der Waals surface area (Å²) in [6.07, 6.45) is 0.294. The second-order valence-electron chi connectivity index (χ2n) is 4.35. The number of epoxide rings is 1. The van der Waals surface area contributed by atoms with Crippen molar-refractivity contribution in [2.24, 2.45) is 11.8 Å². The number of fused-ring (bicyclic) bond motifs is 1. The Balaban J connectivity index is 1.64. The molecule has 4 atom stereocenters. The highest BCUT2D eigenvalue weighted by Crippen LogP contribution is 2.41. The third-order valence-electron chi connectivity index (χ3n) is 3.17. The van der Waals surface area contributed by atoms with E-state index in [1.54, 1.807) is 0 Å². The fraction of sp³-hybridized carbons (Fsp3) is 0.700. The van der Waals surface area contributed by atoms with Gasteiger partial charge < -0.3 is 14.2 Å². The largest absolute Gasteiger partial charge is 0.433 e. The Morgan fingerprint density at radius 3 is 2.62 bits per heavy atom. The van der Waals surface area contributed by atoms with Crippen molar-refractivity contribution in [3.8, 4) is 0 Å². The lowest BCUT2D eigenvalue weighted by molar-refractivity contribution is -0.155. The van der Waals surface area contributed by atoms with Gasteiger partial charge in [0.1, 0.15) is 6.10 Å². The van der Waals surface area contributed by atoms with Crippen LogP contribution in [0.25, 0.3) is 0 Å². The third-order valence-corrected chi connectivity index (χ3v) is 3.17. The minimum absolute atomic E-state index is 0.0327. The van der Waals surface area contributed by atoms with Crippen LogP contribution >= 0.6 is 0 Å². The maximum atomic E-state index is 11.3. The molecule has 0 aromatic rings. The summed E-state index contributed by atoms with van der Waals surface area (Å²) in [6.45, 7) is 0. The monoisotopic (exact) mass is 226 g/mol. The number of hydrogen-bond acceptors (Lipinski definition) is 6. The Labute approximate surface area is 90.8 Å². The van der Waals surface area contributed by atoms with Gasteiger partial charge in [-0.1, -0.05) is 0 Å². The highest BCUT2D eigenvalue weighted by Gasteiger charge is 2.54. The van der Waals surface area contributed by atoms with Crippen molar-refractivity contribution >= 4 is 17.9 Å². The zero-order valence-electron chi connectivity index (χ0n) is 8.38. The van der Waals surface area contributed by atoms with E-state index in [2.05, 4.69) is 4.74 Å². The molecule has 3 aliphatic rings. The van der Waals surface area contributed by atoms with Gasteiger partial charge >= 0.3 is 17.9 Å². The summed E-state index contributed by atoms with van der Waals surface area (Å²) in [4.78, 5) is 33.3. The number of cyclic esters (lactones) is 2. The second-order valence-corrected chi connectivity index (χ2v) is 4.35. The lowest BCUT2D eigenvalue weighted by atomic mass is 9.87. The minimum atomic E-state index is -0.485. The Hall–Kier alpha value is -1.43. The molecule has 0 saturated carbocycles. The van der Waals surface area contributed by atoms with Crippen molar-refractivity contribution in [2.75, 3.05) is 0 Å². The van der Waals surface area contributed by atoms with Crippen LogP contribution in [0.2, 0.25) is 0 Å². The molecule has 0 amide bonds. The standard InChI is InChI=1S/C10H10O6/c11-6-3-5(9(13)14-6)1-4-2-7(12)15-10-8(4)16-10/h4-5,8,10H,1-3H2. The summed E-state index contributed by atoms with van der Waals surface area (Å²) in [7, 11) is 0. The number of carbonyl (C=O) groups is 3. The highest BCUT2D eigenvalue weighted by molar-refractivity contribution is 5.94. The van der Waals surface area contributed by atoms with Gasteiger partial charge in [-0.2, -0.15) is 0 Å². The topological polar surface area (TPSA) is 82.2 Å². The number of carbonyl (C=O) groups excluding carboxylic acids is 3. The fourth-order valence-corrected chi connectivity index (χ4v) is 2.33. The van der Waals surface area contributed by atoms with Crippen molar-refractivity contribution in [1.82, 2.24) is 0 Å². The van der Waals surface area contributed by atoms with Gasteiger partial charge in [-0.05, 0) is 6.42 Å². The number of ether oxygens (including phenoxy) is 3. The van der Waals surface area contributed by atoms with E-state index in [-0.39, 0.29) is 30.8 Å². The van der Waals surface area contributed by atoms with Crippen LogP contribution in [0.15, 0.2) is 0 Å². The first kappa shape index (κ1) is 9.77. The van der Waals surface area contributed by atoms with Crippen LogP contribution in [0.1, 0.15) is 19.3 Å². The molecule has 0 bridgehead atoms. The first-order chi connectivity index (χ1) is 7.63. The van der Waals surface area contributed by atoms with Crippen LogP contribution in [0.4, 0.5) is 0 Å². The minimum Gasteiger partial charge on any atom is -0.433 e. The molecule has 0 spiro atoms. The maximum Gasteiger partial charge on any atom is 0.317 e. The van der Waals surface area contributed by atoms with Gasteiger partial charge in [-0.25, -0.2) is 0 Å². The number of esters is 3. The van der Waals surface area contributed by atoms with Crippen molar-refractivity contribution in [2.45, 2.75) is 31.7 Å². The van der Waals surface area contributed by atoms with Gasteiger partial charge in [0.25, 0.3) is 0 Å². The smallest absolute Gasteiger partial charge is 0.317 e. The van der Waals surface area contributed by atoms with E-state index < -0.39 is 24.1 Å². The van der Waals surface area contributed by atoms with Crippen LogP contribution < -0.4 is 0 Å². The van der Waals surface area contributed by atoms with Crippen molar-refractivity contribution in [1.29, 1.82) is 0 Å². The molecule has 0 N–H and O–H groups in total. The molecule has 3 saturated heterocycles. The molecule has 3 aliphatic heterocycles. The second kappa shape index (κ2) is 3.28. The fourth-order valence-electron chi connectivity index (χ4n) is 2.33. The van der Waals surface area contributed by atoms with Crippen molar-refractivity contribution < 1.29 is 28.6 Å². The molecular weight excluding hydrogens is 216 g/mol. The van der Waals surface area contributed by atoms with Gasteiger partial charge in [-0.3, -0.25) is 14.4 Å².